The number of furan rings is 1. The topological polar surface area (TPSA) is 80.6 Å². The number of nitrogens with one attached hydrogen (secondary N) is 2. The fourth-order valence-electron chi connectivity index (χ4n) is 2.98. The Balaban J connectivity index is 1.71. The highest BCUT2D eigenvalue weighted by Gasteiger charge is 2.17. The number of hydrogen-bond donors (Lipinski definition) is 2. The van der Waals surface area contributed by atoms with Gasteiger partial charge in [-0.05, 0) is 43.2 Å². The van der Waals surface area contributed by atoms with Gasteiger partial charge in [-0.3, -0.25) is 20.4 Å². The molecule has 2 amide bonds. The summed E-state index contributed by atoms with van der Waals surface area (Å²) in [6, 6.07) is 8.59. The van der Waals surface area contributed by atoms with Gasteiger partial charge in [-0.25, -0.2) is 0 Å². The average molecular weight is 387 g/mol. The summed E-state index contributed by atoms with van der Waals surface area (Å²) < 4.78 is 10.7. The molecule has 0 saturated carbocycles. The van der Waals surface area contributed by atoms with Gasteiger partial charge in [-0.1, -0.05) is 23.7 Å². The molecule has 3 rings (SSSR count). The van der Waals surface area contributed by atoms with Crippen molar-refractivity contribution in [2.75, 3.05) is 7.11 Å². The third kappa shape index (κ3) is 3.75. The number of hydrazine groups is 1. The fraction of sp³-hybridized carbons (Fsp3) is 0.200. The summed E-state index contributed by atoms with van der Waals surface area (Å²) in [5.41, 5.74) is 8.29. The van der Waals surface area contributed by atoms with E-state index < -0.39 is 5.91 Å². The van der Waals surface area contributed by atoms with Crippen LogP contribution in [0.5, 0.6) is 5.75 Å². The van der Waals surface area contributed by atoms with Crippen molar-refractivity contribution in [1.82, 2.24) is 10.9 Å². The highest BCUT2D eigenvalue weighted by Crippen LogP contribution is 2.32. The van der Waals surface area contributed by atoms with Crippen molar-refractivity contribution in [3.63, 3.8) is 0 Å². The quantitative estimate of drug-likeness (QED) is 0.670. The molecule has 0 fully saturated rings. The van der Waals surface area contributed by atoms with Crippen LogP contribution in [0.15, 0.2) is 41.0 Å². The van der Waals surface area contributed by atoms with Gasteiger partial charge in [0, 0.05) is 16.0 Å². The molecule has 0 unspecified atom stereocenters. The predicted molar refractivity (Wildman–Crippen MR) is 103 cm³/mol. The fourth-order valence-corrected chi connectivity index (χ4v) is 3.13. The van der Waals surface area contributed by atoms with Gasteiger partial charge in [0.05, 0.1) is 25.4 Å². The van der Waals surface area contributed by atoms with Crippen LogP contribution in [-0.4, -0.2) is 18.9 Å². The first-order valence-corrected chi connectivity index (χ1v) is 8.68. The number of rotatable bonds is 4. The molecule has 0 atom stereocenters. The molecule has 0 aliphatic heterocycles. The zero-order chi connectivity index (χ0) is 19.6. The van der Waals surface area contributed by atoms with Crippen LogP contribution in [0.3, 0.4) is 0 Å². The lowest BCUT2D eigenvalue weighted by atomic mass is 10.0. The second-order valence-corrected chi connectivity index (χ2v) is 6.52. The average Bonchev–Trinajstić information content (AvgIpc) is 3.06. The lowest BCUT2D eigenvalue weighted by Gasteiger charge is -2.10. The monoisotopic (exact) mass is 386 g/mol. The third-order valence-corrected chi connectivity index (χ3v) is 4.89. The molecule has 1 heterocycles. The molecule has 3 aromatic rings. The molecule has 0 aliphatic rings. The number of carbonyl (C=O) groups is 2. The maximum absolute atomic E-state index is 12.3. The van der Waals surface area contributed by atoms with Gasteiger partial charge >= 0.3 is 0 Å². The van der Waals surface area contributed by atoms with Crippen molar-refractivity contribution in [3.8, 4) is 5.75 Å². The number of para-hydroxylation sites is 1. The van der Waals surface area contributed by atoms with Crippen molar-refractivity contribution in [2.45, 2.75) is 20.3 Å². The number of ether oxygens (including phenoxy) is 1. The number of fused-ring (bicyclic) bond motifs is 1. The van der Waals surface area contributed by atoms with Gasteiger partial charge in [0.2, 0.25) is 5.91 Å². The maximum atomic E-state index is 12.3. The molecule has 0 saturated heterocycles. The van der Waals surface area contributed by atoms with Crippen LogP contribution in [-0.2, 0) is 11.2 Å². The zero-order valence-corrected chi connectivity index (χ0v) is 15.9. The van der Waals surface area contributed by atoms with Crippen LogP contribution in [0.2, 0.25) is 5.02 Å². The summed E-state index contributed by atoms with van der Waals surface area (Å²) in [4.78, 5) is 24.5. The second kappa shape index (κ2) is 7.72. The van der Waals surface area contributed by atoms with E-state index in [1.807, 2.05) is 19.9 Å². The van der Waals surface area contributed by atoms with E-state index in [9.17, 15) is 9.59 Å². The summed E-state index contributed by atoms with van der Waals surface area (Å²) in [5, 5.41) is 1.46. The Morgan fingerprint density at radius 3 is 2.67 bits per heavy atom. The number of aryl methyl sites for hydroxylation is 2. The normalized spacial score (nSPS) is 10.7. The summed E-state index contributed by atoms with van der Waals surface area (Å²) in [6.45, 7) is 3.79. The van der Waals surface area contributed by atoms with Crippen molar-refractivity contribution < 1.29 is 18.7 Å². The first-order valence-electron chi connectivity index (χ1n) is 8.30. The van der Waals surface area contributed by atoms with E-state index in [1.165, 1.54) is 13.4 Å². The molecule has 7 heteroatoms. The lowest BCUT2D eigenvalue weighted by molar-refractivity contribution is -0.121. The molecule has 0 bridgehead atoms. The van der Waals surface area contributed by atoms with Crippen LogP contribution in [0.1, 0.15) is 27.0 Å². The highest BCUT2D eigenvalue weighted by atomic mass is 35.5. The Bertz CT molecular complexity index is 1030. The van der Waals surface area contributed by atoms with Gasteiger partial charge < -0.3 is 9.15 Å². The van der Waals surface area contributed by atoms with Crippen LogP contribution < -0.4 is 15.6 Å². The molecule has 1 aromatic heterocycles. The van der Waals surface area contributed by atoms with Crippen molar-refractivity contribution >= 4 is 34.4 Å². The minimum atomic E-state index is -0.465. The van der Waals surface area contributed by atoms with Crippen LogP contribution >= 0.6 is 11.6 Å². The maximum Gasteiger partial charge on any atom is 0.273 e. The minimum Gasteiger partial charge on any atom is -0.496 e. The summed E-state index contributed by atoms with van der Waals surface area (Å²) in [6.07, 6.45) is 1.58. The minimum absolute atomic E-state index is 0.0411. The van der Waals surface area contributed by atoms with E-state index in [1.54, 1.807) is 24.3 Å². The first kappa shape index (κ1) is 18.8. The molecule has 27 heavy (non-hydrogen) atoms. The zero-order valence-electron chi connectivity index (χ0n) is 15.2. The predicted octanol–water partition coefficient (Wildman–Crippen LogP) is 3.72. The number of halogens is 1. The van der Waals surface area contributed by atoms with E-state index in [0.29, 0.717) is 27.5 Å². The number of amides is 2. The molecule has 0 aliphatic carbocycles. The number of methoxy groups -OCH3 is 1. The number of benzene rings is 2. The van der Waals surface area contributed by atoms with Gasteiger partial charge in [0.1, 0.15) is 11.3 Å². The molecule has 6 nitrogen and oxygen atoms in total. The Hall–Kier alpha value is -2.99. The molecule has 0 radical (unpaired) electrons. The van der Waals surface area contributed by atoms with Gasteiger partial charge in [-0.2, -0.15) is 0 Å². The highest BCUT2D eigenvalue weighted by molar-refractivity contribution is 6.33. The van der Waals surface area contributed by atoms with Crippen LogP contribution in [0.25, 0.3) is 11.0 Å². The second-order valence-electron chi connectivity index (χ2n) is 6.15. The summed E-state index contributed by atoms with van der Waals surface area (Å²) in [7, 11) is 1.48. The summed E-state index contributed by atoms with van der Waals surface area (Å²) in [5.74, 6) is -0.421. The van der Waals surface area contributed by atoms with E-state index in [4.69, 9.17) is 20.8 Å². The Kier molecular flexibility index (Phi) is 5.37. The molecular weight excluding hydrogens is 368 g/mol. The largest absolute Gasteiger partial charge is 0.496 e. The van der Waals surface area contributed by atoms with Crippen LogP contribution in [0, 0.1) is 13.8 Å². The smallest absolute Gasteiger partial charge is 0.273 e. The standard InChI is InChI=1S/C20H19ClN2O4/c1-11-8-16-18(12(2)19(11)21)13(10-27-16)9-17(24)22-23-20(25)14-6-4-5-7-15(14)26-3/h4-8,10H,9H2,1-3H3,(H,22,24)(H,23,25). The molecule has 2 N–H and O–H groups in total. The van der Waals surface area contributed by atoms with Crippen molar-refractivity contribution in [1.29, 1.82) is 0 Å². The Morgan fingerprint density at radius 2 is 1.93 bits per heavy atom. The van der Waals surface area contributed by atoms with E-state index >= 15 is 0 Å². The molecule has 0 spiro atoms. The van der Waals surface area contributed by atoms with Gasteiger partial charge in [0.25, 0.3) is 5.91 Å². The van der Waals surface area contributed by atoms with E-state index in [0.717, 1.165) is 16.5 Å². The Morgan fingerprint density at radius 1 is 1.19 bits per heavy atom. The van der Waals surface area contributed by atoms with Crippen molar-refractivity contribution in [3.05, 3.63) is 63.9 Å². The number of carbonyl (C=O) groups excluding carboxylic acids is 2. The molecule has 140 valence electrons. The van der Waals surface area contributed by atoms with E-state index in [-0.39, 0.29) is 12.3 Å². The lowest BCUT2D eigenvalue weighted by Crippen LogP contribution is -2.42. The first-order chi connectivity index (χ1) is 12.9. The van der Waals surface area contributed by atoms with Crippen molar-refractivity contribution in [2.24, 2.45) is 0 Å². The summed E-state index contributed by atoms with van der Waals surface area (Å²) >= 11 is 6.31. The molecule has 2 aromatic carbocycles. The van der Waals surface area contributed by atoms with Crippen LogP contribution in [0.4, 0.5) is 0 Å². The number of hydrogen-bond acceptors (Lipinski definition) is 4. The SMILES string of the molecule is COc1ccccc1C(=O)NNC(=O)Cc1coc2cc(C)c(Cl)c(C)c12. The Labute approximate surface area is 161 Å². The third-order valence-electron chi connectivity index (χ3n) is 4.31. The van der Waals surface area contributed by atoms with Gasteiger partial charge in [0.15, 0.2) is 0 Å². The molecular formula is C20H19ClN2O4. The van der Waals surface area contributed by atoms with Gasteiger partial charge in [-0.15, -0.1) is 0 Å². The van der Waals surface area contributed by atoms with E-state index in [2.05, 4.69) is 10.9 Å².